The fourth-order valence-electron chi connectivity index (χ4n) is 0.907. The van der Waals surface area contributed by atoms with E-state index in [4.69, 9.17) is 20.0 Å². The van der Waals surface area contributed by atoms with Gasteiger partial charge in [0.05, 0.1) is 19.8 Å². The highest BCUT2D eigenvalue weighted by molar-refractivity contribution is 7.46. The molecule has 8 heteroatoms. The Kier molecular flexibility index (Phi) is 7.30. The van der Waals surface area contributed by atoms with Crippen LogP contribution in [0.2, 0.25) is 0 Å². The summed E-state index contributed by atoms with van der Waals surface area (Å²) in [5.74, 6) is 0. The van der Waals surface area contributed by atoms with Crippen molar-refractivity contribution in [1.29, 1.82) is 0 Å². The second-order valence-corrected chi connectivity index (χ2v) is 3.85. The lowest BCUT2D eigenvalue weighted by Gasteiger charge is -2.19. The Morgan fingerprint density at radius 3 is 1.93 bits per heavy atom. The van der Waals surface area contributed by atoms with E-state index in [-0.39, 0.29) is 26.4 Å². The van der Waals surface area contributed by atoms with E-state index in [0.717, 1.165) is 0 Å². The largest absolute Gasteiger partial charge is 0.469 e. The summed E-state index contributed by atoms with van der Waals surface area (Å²) < 4.78 is 14.5. The minimum atomic E-state index is -4.41. The molecule has 7 nitrogen and oxygen atoms in total. The van der Waals surface area contributed by atoms with E-state index in [1.54, 1.807) is 4.90 Å². The topological polar surface area (TPSA) is 110 Å². The Morgan fingerprint density at radius 1 is 1.07 bits per heavy atom. The van der Waals surface area contributed by atoms with Crippen molar-refractivity contribution in [3.05, 3.63) is 0 Å². The zero-order valence-corrected chi connectivity index (χ0v) is 8.64. The molecular formula is C6H16NO6P. The highest BCUT2D eigenvalue weighted by atomic mass is 31.2. The van der Waals surface area contributed by atoms with Crippen LogP contribution >= 0.6 is 7.82 Å². The number of rotatable bonds is 8. The molecule has 0 aromatic carbocycles. The number of hydrogen-bond acceptors (Lipinski definition) is 5. The third kappa shape index (κ3) is 8.58. The van der Waals surface area contributed by atoms with Crippen LogP contribution in [-0.4, -0.2) is 64.4 Å². The number of aliphatic hydroxyl groups excluding tert-OH is 2. The van der Waals surface area contributed by atoms with Gasteiger partial charge in [-0.15, -0.1) is 0 Å². The molecule has 0 aromatic heterocycles. The zero-order chi connectivity index (χ0) is 11.0. The minimum Gasteiger partial charge on any atom is -0.395 e. The van der Waals surface area contributed by atoms with Gasteiger partial charge in [0, 0.05) is 19.6 Å². The van der Waals surface area contributed by atoms with Gasteiger partial charge in [-0.1, -0.05) is 0 Å². The number of hydrogen-bond donors (Lipinski definition) is 4. The predicted molar refractivity (Wildman–Crippen MR) is 48.6 cm³/mol. The average Bonchev–Trinajstić information content (AvgIpc) is 2.02. The number of aliphatic hydroxyl groups is 2. The second-order valence-electron chi connectivity index (χ2n) is 2.61. The van der Waals surface area contributed by atoms with E-state index < -0.39 is 7.82 Å². The van der Waals surface area contributed by atoms with Crippen LogP contribution in [-0.2, 0) is 9.09 Å². The van der Waals surface area contributed by atoms with Crippen molar-refractivity contribution in [2.75, 3.05) is 39.5 Å². The van der Waals surface area contributed by atoms with E-state index in [0.29, 0.717) is 13.1 Å². The molecule has 0 bridgehead atoms. The molecule has 0 amide bonds. The van der Waals surface area contributed by atoms with Crippen LogP contribution in [0, 0.1) is 0 Å². The van der Waals surface area contributed by atoms with Crippen molar-refractivity contribution in [1.82, 2.24) is 4.90 Å². The molecule has 0 aliphatic heterocycles. The number of phosphoric acid groups is 1. The first-order valence-corrected chi connectivity index (χ1v) is 5.67. The molecule has 0 aromatic rings. The van der Waals surface area contributed by atoms with Crippen molar-refractivity contribution >= 4 is 7.82 Å². The van der Waals surface area contributed by atoms with Gasteiger partial charge in [-0.2, -0.15) is 0 Å². The van der Waals surface area contributed by atoms with Crippen molar-refractivity contribution in [3.63, 3.8) is 0 Å². The predicted octanol–water partition coefficient (Wildman–Crippen LogP) is -1.62. The van der Waals surface area contributed by atoms with Crippen LogP contribution in [0.5, 0.6) is 0 Å². The van der Waals surface area contributed by atoms with Crippen LogP contribution < -0.4 is 0 Å². The standard InChI is InChI=1S/C6H16NO6P/c8-4-1-7(2-5-9)3-6-13-14(10,11)12/h8-9H,1-6H2,(H2,10,11,12). The Morgan fingerprint density at radius 2 is 1.57 bits per heavy atom. The van der Waals surface area contributed by atoms with Gasteiger partial charge in [-0.3, -0.25) is 9.42 Å². The number of phosphoric ester groups is 1. The summed E-state index contributed by atoms with van der Waals surface area (Å²) >= 11 is 0. The lowest BCUT2D eigenvalue weighted by atomic mass is 10.4. The van der Waals surface area contributed by atoms with Gasteiger partial charge in [-0.25, -0.2) is 4.57 Å². The normalized spacial score (nSPS) is 12.4. The number of nitrogens with zero attached hydrogens (tertiary/aromatic N) is 1. The molecule has 0 rings (SSSR count). The quantitative estimate of drug-likeness (QED) is 0.370. The molecule has 0 heterocycles. The summed E-state index contributed by atoms with van der Waals surface area (Å²) in [7, 11) is -4.41. The van der Waals surface area contributed by atoms with Crippen molar-refractivity contribution < 1.29 is 29.1 Å². The van der Waals surface area contributed by atoms with E-state index in [1.807, 2.05) is 0 Å². The lowest BCUT2D eigenvalue weighted by Crippen LogP contribution is -2.32. The fraction of sp³-hybridized carbons (Fsp3) is 1.00. The van der Waals surface area contributed by atoms with Gasteiger partial charge in [0.25, 0.3) is 0 Å². The first-order valence-electron chi connectivity index (χ1n) is 4.13. The average molecular weight is 229 g/mol. The highest BCUT2D eigenvalue weighted by Gasteiger charge is 2.14. The third-order valence-corrected chi connectivity index (χ3v) is 2.02. The Labute approximate surface area is 82.2 Å². The van der Waals surface area contributed by atoms with E-state index in [1.165, 1.54) is 0 Å². The van der Waals surface area contributed by atoms with Gasteiger partial charge in [0.15, 0.2) is 0 Å². The molecule has 0 aliphatic rings. The molecule has 0 radical (unpaired) electrons. The molecule has 0 saturated heterocycles. The van der Waals surface area contributed by atoms with Crippen LogP contribution in [0.25, 0.3) is 0 Å². The maximum absolute atomic E-state index is 10.3. The van der Waals surface area contributed by atoms with Gasteiger partial charge in [0.1, 0.15) is 0 Å². The third-order valence-electron chi connectivity index (χ3n) is 1.50. The first-order chi connectivity index (χ1) is 6.49. The summed E-state index contributed by atoms with van der Waals surface area (Å²) in [6.45, 7) is 0.651. The Bertz CT molecular complexity index is 177. The molecule has 0 spiro atoms. The van der Waals surface area contributed by atoms with Crippen LogP contribution in [0.3, 0.4) is 0 Å². The summed E-state index contributed by atoms with van der Waals surface area (Å²) in [6, 6.07) is 0. The summed E-state index contributed by atoms with van der Waals surface area (Å²) in [4.78, 5) is 18.4. The molecule has 0 saturated carbocycles. The van der Waals surface area contributed by atoms with Crippen molar-refractivity contribution in [2.24, 2.45) is 0 Å². The van der Waals surface area contributed by atoms with Crippen LogP contribution in [0.4, 0.5) is 0 Å². The zero-order valence-electron chi connectivity index (χ0n) is 7.74. The van der Waals surface area contributed by atoms with E-state index in [2.05, 4.69) is 4.52 Å². The van der Waals surface area contributed by atoms with E-state index in [9.17, 15) is 4.57 Å². The van der Waals surface area contributed by atoms with Crippen LogP contribution in [0.1, 0.15) is 0 Å². The second kappa shape index (κ2) is 7.30. The molecule has 0 aliphatic carbocycles. The SMILES string of the molecule is O=P(O)(O)OCCN(CCO)CCO. The Balaban J connectivity index is 3.65. The molecule has 86 valence electrons. The molecule has 4 N–H and O–H groups in total. The highest BCUT2D eigenvalue weighted by Crippen LogP contribution is 2.35. The summed E-state index contributed by atoms with van der Waals surface area (Å²) in [5.41, 5.74) is 0. The van der Waals surface area contributed by atoms with E-state index >= 15 is 0 Å². The van der Waals surface area contributed by atoms with Gasteiger partial charge in [-0.05, 0) is 0 Å². The van der Waals surface area contributed by atoms with Gasteiger partial charge in [0.2, 0.25) is 0 Å². The molecule has 14 heavy (non-hydrogen) atoms. The first kappa shape index (κ1) is 14.0. The summed E-state index contributed by atoms with van der Waals surface area (Å²) in [5, 5.41) is 17.2. The lowest BCUT2D eigenvalue weighted by molar-refractivity contribution is 0.127. The molecular weight excluding hydrogens is 213 g/mol. The van der Waals surface area contributed by atoms with Crippen molar-refractivity contribution in [3.8, 4) is 0 Å². The fourth-order valence-corrected chi connectivity index (χ4v) is 1.23. The van der Waals surface area contributed by atoms with Crippen LogP contribution in [0.15, 0.2) is 0 Å². The van der Waals surface area contributed by atoms with Gasteiger partial charge >= 0.3 is 7.82 Å². The van der Waals surface area contributed by atoms with Gasteiger partial charge < -0.3 is 20.0 Å². The Hall–Kier alpha value is -0.0100. The van der Waals surface area contributed by atoms with Crippen molar-refractivity contribution in [2.45, 2.75) is 0 Å². The maximum atomic E-state index is 10.3. The smallest absolute Gasteiger partial charge is 0.395 e. The maximum Gasteiger partial charge on any atom is 0.469 e. The molecule has 0 unspecified atom stereocenters. The monoisotopic (exact) mass is 229 g/mol. The summed E-state index contributed by atoms with van der Waals surface area (Å²) in [6.07, 6.45) is 0. The molecule has 0 atom stereocenters. The molecule has 0 fully saturated rings. The minimum absolute atomic E-state index is 0.0735.